The topological polar surface area (TPSA) is 80.2 Å². The Kier molecular flexibility index (Phi) is 4.73. The number of hydrazone groups is 1. The highest BCUT2D eigenvalue weighted by Gasteiger charge is 2.27. The summed E-state index contributed by atoms with van der Waals surface area (Å²) in [5, 5.41) is 9.13. The van der Waals surface area contributed by atoms with Crippen LogP contribution in [0.15, 0.2) is 41.5 Å². The molecule has 0 aromatic heterocycles. The van der Waals surface area contributed by atoms with Crippen molar-refractivity contribution in [1.82, 2.24) is 5.32 Å². The summed E-state index contributed by atoms with van der Waals surface area (Å²) in [7, 11) is 0. The number of ketones is 1. The van der Waals surface area contributed by atoms with E-state index < -0.39 is 0 Å². The summed E-state index contributed by atoms with van der Waals surface area (Å²) in [5.41, 5.74) is 5.85. The Bertz CT molecular complexity index is 1170. The van der Waals surface area contributed by atoms with Crippen molar-refractivity contribution in [2.75, 3.05) is 18.3 Å². The van der Waals surface area contributed by atoms with Crippen molar-refractivity contribution in [1.29, 1.82) is 0 Å². The normalized spacial score (nSPS) is 18.5. The van der Waals surface area contributed by atoms with Gasteiger partial charge in [0, 0.05) is 36.7 Å². The van der Waals surface area contributed by atoms with Gasteiger partial charge in [-0.15, -0.1) is 0 Å². The molecule has 0 bridgehead atoms. The minimum Gasteiger partial charge on any atom is -0.454 e. The molecule has 0 aliphatic carbocycles. The molecule has 0 saturated heterocycles. The molecule has 1 N–H and O–H groups in total. The van der Waals surface area contributed by atoms with Crippen LogP contribution >= 0.6 is 0 Å². The highest BCUT2D eigenvalue weighted by atomic mass is 16.7. The fourth-order valence-corrected chi connectivity index (χ4v) is 4.08. The largest absolute Gasteiger partial charge is 0.454 e. The molecular formula is C24H23N3O4. The van der Waals surface area contributed by atoms with Crippen LogP contribution in [0.5, 0.6) is 11.5 Å². The summed E-state index contributed by atoms with van der Waals surface area (Å²) in [6.45, 7) is 4.84. The Hall–Kier alpha value is -3.61. The molecule has 7 heteroatoms. The number of amides is 1. The standard InChI is InChI=1S/C24H23N3O4/c1-14-3-4-15(2)20(9-14)27-24(29)6-5-18(26-27)21(28)12-19-17-11-23-22(30-13-31-23)10-16(17)7-8-25-19/h3-4,9-12,25H,5-8,13H2,1-2H3. The van der Waals surface area contributed by atoms with E-state index >= 15 is 0 Å². The van der Waals surface area contributed by atoms with Gasteiger partial charge in [0.2, 0.25) is 18.5 Å². The first kappa shape index (κ1) is 19.4. The molecule has 2 aromatic carbocycles. The Morgan fingerprint density at radius 1 is 1.10 bits per heavy atom. The molecule has 7 nitrogen and oxygen atoms in total. The van der Waals surface area contributed by atoms with Crippen LogP contribution in [0.3, 0.4) is 0 Å². The number of nitrogens with one attached hydrogen (secondary N) is 1. The molecule has 1 amide bonds. The van der Waals surface area contributed by atoms with Crippen LogP contribution in [-0.2, 0) is 16.0 Å². The van der Waals surface area contributed by atoms with Crippen LogP contribution in [-0.4, -0.2) is 30.7 Å². The zero-order chi connectivity index (χ0) is 21.5. The number of carbonyl (C=O) groups excluding carboxylic acids is 2. The van der Waals surface area contributed by atoms with Crippen molar-refractivity contribution in [3.63, 3.8) is 0 Å². The molecule has 0 atom stereocenters. The smallest absolute Gasteiger partial charge is 0.247 e. The van der Waals surface area contributed by atoms with Gasteiger partial charge in [0.1, 0.15) is 5.71 Å². The summed E-state index contributed by atoms with van der Waals surface area (Å²) in [5.74, 6) is 1.12. The number of anilines is 1. The van der Waals surface area contributed by atoms with Crippen LogP contribution in [0.2, 0.25) is 0 Å². The summed E-state index contributed by atoms with van der Waals surface area (Å²) in [6, 6.07) is 9.77. The number of ether oxygens (including phenoxy) is 2. The molecule has 0 unspecified atom stereocenters. The number of hydrogen-bond acceptors (Lipinski definition) is 6. The molecule has 0 saturated carbocycles. The summed E-state index contributed by atoms with van der Waals surface area (Å²) < 4.78 is 11.0. The maximum atomic E-state index is 13.1. The van der Waals surface area contributed by atoms with Crippen LogP contribution in [0.25, 0.3) is 5.70 Å². The molecule has 31 heavy (non-hydrogen) atoms. The second-order valence-corrected chi connectivity index (χ2v) is 8.00. The first-order valence-electron chi connectivity index (χ1n) is 10.4. The third-order valence-electron chi connectivity index (χ3n) is 5.78. The molecule has 2 aromatic rings. The Morgan fingerprint density at radius 3 is 2.74 bits per heavy atom. The molecule has 0 spiro atoms. The minimum atomic E-state index is -0.198. The van der Waals surface area contributed by atoms with Gasteiger partial charge in [-0.2, -0.15) is 5.10 Å². The minimum absolute atomic E-state index is 0.105. The first-order chi connectivity index (χ1) is 15.0. The van der Waals surface area contributed by atoms with Gasteiger partial charge in [-0.3, -0.25) is 9.59 Å². The second kappa shape index (κ2) is 7.58. The number of fused-ring (bicyclic) bond motifs is 2. The number of benzene rings is 2. The van der Waals surface area contributed by atoms with Crippen LogP contribution in [0, 0.1) is 13.8 Å². The van der Waals surface area contributed by atoms with Gasteiger partial charge in [-0.1, -0.05) is 12.1 Å². The maximum absolute atomic E-state index is 13.1. The van der Waals surface area contributed by atoms with E-state index in [1.807, 2.05) is 44.2 Å². The number of nitrogens with zero attached hydrogens (tertiary/aromatic N) is 2. The molecule has 5 rings (SSSR count). The lowest BCUT2D eigenvalue weighted by molar-refractivity contribution is -0.118. The number of aryl methyl sites for hydroxylation is 2. The molecule has 158 valence electrons. The van der Waals surface area contributed by atoms with Gasteiger partial charge in [-0.25, -0.2) is 5.01 Å². The van der Waals surface area contributed by atoms with Crippen molar-refractivity contribution in [2.24, 2.45) is 5.10 Å². The van der Waals surface area contributed by atoms with E-state index in [1.165, 1.54) is 5.01 Å². The summed E-state index contributed by atoms with van der Waals surface area (Å²) >= 11 is 0. The molecule has 0 radical (unpaired) electrons. The maximum Gasteiger partial charge on any atom is 0.247 e. The summed E-state index contributed by atoms with van der Waals surface area (Å²) in [6.07, 6.45) is 3.00. The molecule has 3 heterocycles. The van der Waals surface area contributed by atoms with Crippen LogP contribution < -0.4 is 19.8 Å². The fourth-order valence-electron chi connectivity index (χ4n) is 4.08. The van der Waals surface area contributed by atoms with E-state index in [-0.39, 0.29) is 24.9 Å². The third-order valence-corrected chi connectivity index (χ3v) is 5.78. The average Bonchev–Trinajstić information content (AvgIpc) is 3.22. The second-order valence-electron chi connectivity index (χ2n) is 8.00. The lowest BCUT2D eigenvalue weighted by Crippen LogP contribution is -2.34. The zero-order valence-electron chi connectivity index (χ0n) is 17.5. The van der Waals surface area contributed by atoms with Crippen molar-refractivity contribution in [3.05, 3.63) is 58.7 Å². The van der Waals surface area contributed by atoms with Gasteiger partial charge >= 0.3 is 0 Å². The summed E-state index contributed by atoms with van der Waals surface area (Å²) in [4.78, 5) is 25.6. The average molecular weight is 417 g/mol. The van der Waals surface area contributed by atoms with Crippen LogP contribution in [0.1, 0.15) is 35.1 Å². The van der Waals surface area contributed by atoms with E-state index in [9.17, 15) is 9.59 Å². The van der Waals surface area contributed by atoms with E-state index in [1.54, 1.807) is 6.08 Å². The quantitative estimate of drug-likeness (QED) is 0.776. The first-order valence-corrected chi connectivity index (χ1v) is 10.4. The van der Waals surface area contributed by atoms with Crippen molar-refractivity contribution >= 4 is 28.8 Å². The number of rotatable bonds is 3. The zero-order valence-corrected chi connectivity index (χ0v) is 17.5. The Morgan fingerprint density at radius 2 is 1.90 bits per heavy atom. The SMILES string of the molecule is Cc1ccc(C)c(N2N=C(C(=O)C=C3NCCc4cc5c(cc43)OCO5)CCC2=O)c1. The fraction of sp³-hybridized carbons (Fsp3) is 0.292. The number of hydrogen-bond donors (Lipinski definition) is 1. The van der Waals surface area contributed by atoms with E-state index in [2.05, 4.69) is 10.4 Å². The molecule has 0 fully saturated rings. The number of allylic oxidation sites excluding steroid dienone is 1. The highest BCUT2D eigenvalue weighted by Crippen LogP contribution is 2.38. The molecule has 3 aliphatic rings. The predicted molar refractivity (Wildman–Crippen MR) is 117 cm³/mol. The lowest BCUT2D eigenvalue weighted by atomic mass is 9.95. The van der Waals surface area contributed by atoms with Gasteiger partial charge in [0.15, 0.2) is 11.5 Å². The van der Waals surface area contributed by atoms with Crippen molar-refractivity contribution < 1.29 is 19.1 Å². The Labute approximate surface area is 180 Å². The van der Waals surface area contributed by atoms with Gasteiger partial charge in [-0.05, 0) is 55.2 Å². The molecular weight excluding hydrogens is 394 g/mol. The predicted octanol–water partition coefficient (Wildman–Crippen LogP) is 3.27. The van der Waals surface area contributed by atoms with Crippen LogP contribution in [0.4, 0.5) is 5.69 Å². The van der Waals surface area contributed by atoms with E-state index in [4.69, 9.17) is 9.47 Å². The Balaban J connectivity index is 1.48. The van der Waals surface area contributed by atoms with Gasteiger partial charge in [0.25, 0.3) is 0 Å². The number of carbonyl (C=O) groups is 2. The van der Waals surface area contributed by atoms with E-state index in [0.717, 1.165) is 52.4 Å². The van der Waals surface area contributed by atoms with E-state index in [0.29, 0.717) is 17.9 Å². The monoisotopic (exact) mass is 417 g/mol. The lowest BCUT2D eigenvalue weighted by Gasteiger charge is -2.25. The van der Waals surface area contributed by atoms with Crippen molar-refractivity contribution in [2.45, 2.75) is 33.1 Å². The highest BCUT2D eigenvalue weighted by molar-refractivity contribution is 6.46. The third kappa shape index (κ3) is 3.56. The van der Waals surface area contributed by atoms with Gasteiger partial charge < -0.3 is 14.8 Å². The molecule has 3 aliphatic heterocycles. The van der Waals surface area contributed by atoms with Gasteiger partial charge in [0.05, 0.1) is 5.69 Å². The van der Waals surface area contributed by atoms with Crippen molar-refractivity contribution in [3.8, 4) is 11.5 Å².